The molecule has 84 valence electrons. The van der Waals surface area contributed by atoms with E-state index in [0.29, 0.717) is 6.04 Å². The lowest BCUT2D eigenvalue weighted by Crippen LogP contribution is -2.28. The predicted molar refractivity (Wildman–Crippen MR) is 66.4 cm³/mol. The molecular weight excluding hydrogens is 208 g/mol. The minimum Gasteiger partial charge on any atom is -0.309 e. The molecule has 1 N–H and O–H groups in total. The van der Waals surface area contributed by atoms with Gasteiger partial charge in [0.2, 0.25) is 0 Å². The first-order valence-electron chi connectivity index (χ1n) is 5.24. The third kappa shape index (κ3) is 4.20. The molecule has 1 atom stereocenters. The van der Waals surface area contributed by atoms with Crippen molar-refractivity contribution in [3.63, 3.8) is 0 Å². The van der Waals surface area contributed by atoms with Crippen LogP contribution in [-0.4, -0.2) is 32.1 Å². The number of nitrogens with one attached hydrogen (secondary N) is 1. The summed E-state index contributed by atoms with van der Waals surface area (Å²) in [5.41, 5.74) is 1.16. The Balaban J connectivity index is 2.47. The molecular formula is C12H19ClN2. The molecule has 1 aromatic carbocycles. The van der Waals surface area contributed by atoms with Gasteiger partial charge in [0.05, 0.1) is 0 Å². The van der Waals surface area contributed by atoms with E-state index in [9.17, 15) is 0 Å². The molecule has 0 fully saturated rings. The molecule has 3 heteroatoms. The van der Waals surface area contributed by atoms with Crippen LogP contribution < -0.4 is 5.32 Å². The summed E-state index contributed by atoms with van der Waals surface area (Å²) in [4.78, 5) is 2.16. The molecule has 0 spiro atoms. The molecule has 0 aliphatic rings. The smallest absolute Gasteiger partial charge is 0.0453 e. The van der Waals surface area contributed by atoms with Crippen LogP contribution in [0.5, 0.6) is 0 Å². The van der Waals surface area contributed by atoms with E-state index in [-0.39, 0.29) is 0 Å². The van der Waals surface area contributed by atoms with Crippen molar-refractivity contribution >= 4 is 11.6 Å². The maximum Gasteiger partial charge on any atom is 0.0453 e. The zero-order chi connectivity index (χ0) is 11.3. The third-order valence-corrected chi connectivity index (χ3v) is 2.73. The number of hydrogen-bond donors (Lipinski definition) is 1. The molecule has 0 radical (unpaired) electrons. The first-order chi connectivity index (χ1) is 7.11. The van der Waals surface area contributed by atoms with Gasteiger partial charge in [-0.25, -0.2) is 0 Å². The van der Waals surface area contributed by atoms with Crippen LogP contribution in [0.1, 0.15) is 18.5 Å². The van der Waals surface area contributed by atoms with E-state index in [1.807, 2.05) is 18.2 Å². The van der Waals surface area contributed by atoms with Crippen LogP contribution in [-0.2, 0) is 0 Å². The second-order valence-corrected chi connectivity index (χ2v) is 4.41. The maximum absolute atomic E-state index is 6.11. The number of halogens is 1. The summed E-state index contributed by atoms with van der Waals surface area (Å²) >= 11 is 6.11. The van der Waals surface area contributed by atoms with Crippen LogP contribution in [0.3, 0.4) is 0 Å². The van der Waals surface area contributed by atoms with Gasteiger partial charge in [0, 0.05) is 24.2 Å². The quantitative estimate of drug-likeness (QED) is 0.830. The fourth-order valence-corrected chi connectivity index (χ4v) is 1.74. The molecule has 0 aromatic heterocycles. The Labute approximate surface area is 97.2 Å². The standard InChI is InChI=1S/C12H19ClN2/c1-10(14-8-9-15(2)3)11-6-4-5-7-12(11)13/h4-7,10,14H,8-9H2,1-3H3/t10-/m1/s1. The van der Waals surface area contributed by atoms with Crippen LogP contribution in [0, 0.1) is 0 Å². The number of hydrogen-bond acceptors (Lipinski definition) is 2. The Morgan fingerprint density at radius 1 is 1.33 bits per heavy atom. The van der Waals surface area contributed by atoms with Gasteiger partial charge in [0.25, 0.3) is 0 Å². The highest BCUT2D eigenvalue weighted by atomic mass is 35.5. The molecule has 0 aliphatic carbocycles. The first kappa shape index (κ1) is 12.5. The zero-order valence-corrected chi connectivity index (χ0v) is 10.4. The summed E-state index contributed by atoms with van der Waals surface area (Å²) in [6.45, 7) is 4.14. The highest BCUT2D eigenvalue weighted by molar-refractivity contribution is 6.31. The molecule has 0 amide bonds. The van der Waals surface area contributed by atoms with E-state index < -0.39 is 0 Å². The maximum atomic E-state index is 6.11. The summed E-state index contributed by atoms with van der Waals surface area (Å²) in [6, 6.07) is 8.28. The van der Waals surface area contributed by atoms with E-state index >= 15 is 0 Å². The minimum atomic E-state index is 0.304. The molecule has 1 aromatic rings. The highest BCUT2D eigenvalue weighted by Crippen LogP contribution is 2.21. The topological polar surface area (TPSA) is 15.3 Å². The van der Waals surface area contributed by atoms with Gasteiger partial charge in [-0.1, -0.05) is 29.8 Å². The Hall–Kier alpha value is -0.570. The summed E-state index contributed by atoms with van der Waals surface area (Å²) in [5.74, 6) is 0. The average Bonchev–Trinajstić information content (AvgIpc) is 2.17. The molecule has 15 heavy (non-hydrogen) atoms. The molecule has 2 nitrogen and oxygen atoms in total. The lowest BCUT2D eigenvalue weighted by Gasteiger charge is -2.17. The van der Waals surface area contributed by atoms with E-state index in [1.54, 1.807) is 0 Å². The van der Waals surface area contributed by atoms with E-state index in [2.05, 4.69) is 37.3 Å². The van der Waals surface area contributed by atoms with Gasteiger partial charge in [0.15, 0.2) is 0 Å². The van der Waals surface area contributed by atoms with Crippen molar-refractivity contribution in [2.75, 3.05) is 27.2 Å². The summed E-state index contributed by atoms with van der Waals surface area (Å²) < 4.78 is 0. The summed E-state index contributed by atoms with van der Waals surface area (Å²) in [6.07, 6.45) is 0. The van der Waals surface area contributed by atoms with Crippen molar-refractivity contribution < 1.29 is 0 Å². The third-order valence-electron chi connectivity index (χ3n) is 2.38. The van der Waals surface area contributed by atoms with Crippen molar-refractivity contribution in [2.45, 2.75) is 13.0 Å². The SMILES string of the molecule is C[C@@H](NCCN(C)C)c1ccccc1Cl. The molecule has 0 heterocycles. The predicted octanol–water partition coefficient (Wildman–Crippen LogP) is 2.55. The molecule has 0 saturated carbocycles. The molecule has 0 saturated heterocycles. The Morgan fingerprint density at radius 3 is 2.60 bits per heavy atom. The number of nitrogens with zero attached hydrogens (tertiary/aromatic N) is 1. The number of rotatable bonds is 5. The van der Waals surface area contributed by atoms with Gasteiger partial charge >= 0.3 is 0 Å². The Bertz CT molecular complexity index is 299. The van der Waals surface area contributed by atoms with Gasteiger partial charge < -0.3 is 10.2 Å². The largest absolute Gasteiger partial charge is 0.309 e. The van der Waals surface area contributed by atoms with Crippen molar-refractivity contribution in [1.82, 2.24) is 10.2 Å². The van der Waals surface area contributed by atoms with Crippen LogP contribution in [0.4, 0.5) is 0 Å². The molecule has 0 aliphatic heterocycles. The van der Waals surface area contributed by atoms with Gasteiger partial charge in [-0.3, -0.25) is 0 Å². The Kier molecular flexibility index (Phi) is 5.09. The van der Waals surface area contributed by atoms with Crippen molar-refractivity contribution in [3.05, 3.63) is 34.9 Å². The fourth-order valence-electron chi connectivity index (χ4n) is 1.44. The summed E-state index contributed by atoms with van der Waals surface area (Å²) in [7, 11) is 4.14. The molecule has 0 bridgehead atoms. The van der Waals surface area contributed by atoms with E-state index in [4.69, 9.17) is 11.6 Å². The van der Waals surface area contributed by atoms with Crippen molar-refractivity contribution in [3.8, 4) is 0 Å². The number of likely N-dealkylation sites (N-methyl/N-ethyl adjacent to an activating group) is 1. The first-order valence-corrected chi connectivity index (χ1v) is 5.61. The molecule has 1 rings (SSSR count). The van der Waals surface area contributed by atoms with Crippen LogP contribution in [0.25, 0.3) is 0 Å². The second kappa shape index (κ2) is 6.11. The lowest BCUT2D eigenvalue weighted by molar-refractivity contribution is 0.389. The van der Waals surface area contributed by atoms with Crippen molar-refractivity contribution in [1.29, 1.82) is 0 Å². The lowest BCUT2D eigenvalue weighted by atomic mass is 10.1. The van der Waals surface area contributed by atoms with E-state index in [1.165, 1.54) is 0 Å². The fraction of sp³-hybridized carbons (Fsp3) is 0.500. The van der Waals surface area contributed by atoms with Gasteiger partial charge in [-0.15, -0.1) is 0 Å². The molecule has 0 unspecified atom stereocenters. The second-order valence-electron chi connectivity index (χ2n) is 4.00. The average molecular weight is 227 g/mol. The van der Waals surface area contributed by atoms with Crippen LogP contribution >= 0.6 is 11.6 Å². The van der Waals surface area contributed by atoms with Crippen LogP contribution in [0.15, 0.2) is 24.3 Å². The monoisotopic (exact) mass is 226 g/mol. The van der Waals surface area contributed by atoms with Gasteiger partial charge in [-0.05, 0) is 32.6 Å². The number of benzene rings is 1. The minimum absolute atomic E-state index is 0.304. The van der Waals surface area contributed by atoms with Gasteiger partial charge in [0.1, 0.15) is 0 Å². The zero-order valence-electron chi connectivity index (χ0n) is 9.63. The van der Waals surface area contributed by atoms with E-state index in [0.717, 1.165) is 23.7 Å². The highest BCUT2D eigenvalue weighted by Gasteiger charge is 2.07. The van der Waals surface area contributed by atoms with Gasteiger partial charge in [-0.2, -0.15) is 0 Å². The Morgan fingerprint density at radius 2 is 2.00 bits per heavy atom. The summed E-state index contributed by atoms with van der Waals surface area (Å²) in [5, 5.41) is 4.28. The normalized spacial score (nSPS) is 13.1. The van der Waals surface area contributed by atoms with Crippen LogP contribution in [0.2, 0.25) is 5.02 Å². The van der Waals surface area contributed by atoms with Crippen molar-refractivity contribution in [2.24, 2.45) is 0 Å².